The summed E-state index contributed by atoms with van der Waals surface area (Å²) in [6.45, 7) is 1.68. The van der Waals surface area contributed by atoms with Crippen LogP contribution in [0.2, 0.25) is 5.02 Å². The number of benzene rings is 2. The number of carbonyl (C=O) groups is 2. The fourth-order valence-corrected chi connectivity index (χ4v) is 2.94. The number of rotatable bonds is 4. The fourth-order valence-electron chi connectivity index (χ4n) is 2.78. The number of amides is 1. The molecular weight excluding hydrogens is 386 g/mol. The highest BCUT2D eigenvalue weighted by Crippen LogP contribution is 2.30. The van der Waals surface area contributed by atoms with E-state index in [0.29, 0.717) is 22.2 Å². The molecule has 0 saturated carbocycles. The smallest absolute Gasteiger partial charge is 0.340 e. The van der Waals surface area contributed by atoms with Crippen LogP contribution in [0.4, 0.5) is 5.69 Å². The molecule has 0 unspecified atom stereocenters. The minimum atomic E-state index is -0.664. The number of hydrogen-bond donors (Lipinski definition) is 2. The van der Waals surface area contributed by atoms with E-state index in [4.69, 9.17) is 16.0 Å². The third kappa shape index (κ3) is 3.84. The first kappa shape index (κ1) is 19.4. The van der Waals surface area contributed by atoms with Gasteiger partial charge in [-0.25, -0.2) is 9.59 Å². The Kier molecular flexibility index (Phi) is 5.37. The normalized spacial score (nSPS) is 10.7. The summed E-state index contributed by atoms with van der Waals surface area (Å²) in [6.07, 6.45) is -0.207. The molecule has 0 saturated heterocycles. The number of halogens is 1. The number of hydrogen-bond acceptors (Lipinski definition) is 6. The molecule has 3 aromatic rings. The van der Waals surface area contributed by atoms with Crippen molar-refractivity contribution in [1.29, 1.82) is 0 Å². The number of nitrogens with one attached hydrogen (secondary N) is 1. The first-order valence-electron chi connectivity index (χ1n) is 8.23. The van der Waals surface area contributed by atoms with E-state index in [2.05, 4.69) is 10.1 Å². The molecule has 0 radical (unpaired) electrons. The summed E-state index contributed by atoms with van der Waals surface area (Å²) in [7, 11) is 1.28. The number of ether oxygens (including phenoxy) is 1. The first-order chi connectivity index (χ1) is 13.3. The van der Waals surface area contributed by atoms with Crippen molar-refractivity contribution in [3.8, 4) is 5.75 Å². The van der Waals surface area contributed by atoms with Crippen LogP contribution < -0.4 is 10.9 Å². The van der Waals surface area contributed by atoms with E-state index in [1.807, 2.05) is 0 Å². The molecule has 28 heavy (non-hydrogen) atoms. The zero-order valence-electron chi connectivity index (χ0n) is 15.0. The van der Waals surface area contributed by atoms with Crippen LogP contribution in [0, 0.1) is 6.92 Å². The third-order valence-corrected chi connectivity index (χ3v) is 4.58. The van der Waals surface area contributed by atoms with Gasteiger partial charge in [0.05, 0.1) is 29.7 Å². The van der Waals surface area contributed by atoms with Crippen molar-refractivity contribution in [2.45, 2.75) is 13.3 Å². The molecule has 0 bridgehead atoms. The number of esters is 1. The van der Waals surface area contributed by atoms with Gasteiger partial charge in [-0.2, -0.15) is 0 Å². The van der Waals surface area contributed by atoms with Crippen molar-refractivity contribution >= 4 is 40.1 Å². The van der Waals surface area contributed by atoms with Gasteiger partial charge >= 0.3 is 11.6 Å². The maximum atomic E-state index is 12.4. The van der Waals surface area contributed by atoms with Gasteiger partial charge in [0, 0.05) is 17.1 Å². The summed E-state index contributed by atoms with van der Waals surface area (Å²) in [6, 6.07) is 8.90. The van der Waals surface area contributed by atoms with Crippen LogP contribution in [0.25, 0.3) is 11.0 Å². The van der Waals surface area contributed by atoms with E-state index in [9.17, 15) is 19.5 Å². The largest absolute Gasteiger partial charge is 0.506 e. The highest BCUT2D eigenvalue weighted by atomic mass is 35.5. The Hall–Kier alpha value is -3.32. The molecule has 3 rings (SSSR count). The Bertz CT molecular complexity index is 1130. The van der Waals surface area contributed by atoms with Crippen molar-refractivity contribution in [3.63, 3.8) is 0 Å². The van der Waals surface area contributed by atoms with Gasteiger partial charge in [0.25, 0.3) is 0 Å². The Morgan fingerprint density at radius 3 is 2.54 bits per heavy atom. The minimum absolute atomic E-state index is 0.116. The monoisotopic (exact) mass is 401 g/mol. The number of phenolic OH excluding ortho intramolecular Hbond substituents is 1. The number of anilines is 1. The summed E-state index contributed by atoms with van der Waals surface area (Å²) < 4.78 is 9.83. The first-order valence-corrected chi connectivity index (χ1v) is 8.61. The van der Waals surface area contributed by atoms with Gasteiger partial charge in [-0.15, -0.1) is 0 Å². The zero-order valence-corrected chi connectivity index (χ0v) is 15.8. The fraction of sp³-hybridized carbons (Fsp3) is 0.150. The van der Waals surface area contributed by atoms with E-state index < -0.39 is 17.5 Å². The van der Waals surface area contributed by atoms with Crippen LogP contribution in [0.5, 0.6) is 5.75 Å². The van der Waals surface area contributed by atoms with Crippen LogP contribution in [0.1, 0.15) is 21.5 Å². The zero-order chi connectivity index (χ0) is 20.4. The van der Waals surface area contributed by atoms with Crippen molar-refractivity contribution in [2.75, 3.05) is 12.4 Å². The molecule has 7 nitrogen and oxygen atoms in total. The second kappa shape index (κ2) is 7.74. The molecule has 2 N–H and O–H groups in total. The molecule has 1 amide bonds. The molecule has 0 spiro atoms. The minimum Gasteiger partial charge on any atom is -0.506 e. The molecule has 1 heterocycles. The SMILES string of the molecule is COC(=O)c1ccc(NC(=O)Cc2c(C)c3cc(Cl)c(O)cc3oc2=O)cc1. The number of methoxy groups -OCH3 is 1. The summed E-state index contributed by atoms with van der Waals surface area (Å²) in [5.41, 5.74) is 1.08. The predicted octanol–water partition coefficient (Wildman–Crippen LogP) is 3.43. The van der Waals surface area contributed by atoms with Gasteiger partial charge in [-0.3, -0.25) is 4.79 Å². The highest BCUT2D eigenvalue weighted by molar-refractivity contribution is 6.32. The predicted molar refractivity (Wildman–Crippen MR) is 104 cm³/mol. The number of aryl methyl sites for hydroxylation is 1. The van der Waals surface area contributed by atoms with Gasteiger partial charge in [0.1, 0.15) is 11.3 Å². The summed E-state index contributed by atoms with van der Waals surface area (Å²) >= 11 is 5.93. The quantitative estimate of drug-likeness (QED) is 0.512. The van der Waals surface area contributed by atoms with Crippen LogP contribution in [-0.2, 0) is 16.0 Å². The van der Waals surface area contributed by atoms with Gasteiger partial charge < -0.3 is 19.6 Å². The van der Waals surface area contributed by atoms with Crippen LogP contribution >= 0.6 is 11.6 Å². The van der Waals surface area contributed by atoms with Crippen molar-refractivity contribution in [1.82, 2.24) is 0 Å². The van der Waals surface area contributed by atoms with Crippen LogP contribution in [0.15, 0.2) is 45.6 Å². The van der Waals surface area contributed by atoms with Crippen molar-refractivity contribution in [3.05, 3.63) is 68.5 Å². The standard InChI is InChI=1S/C20H16ClNO6/c1-10-13-7-15(21)16(23)9-17(13)28-20(26)14(10)8-18(24)22-12-5-3-11(4-6-12)19(25)27-2/h3-7,9,23H,8H2,1-2H3,(H,22,24). The summed E-state index contributed by atoms with van der Waals surface area (Å²) in [5, 5.41) is 13.0. The lowest BCUT2D eigenvalue weighted by atomic mass is 10.0. The second-order valence-corrected chi connectivity index (χ2v) is 6.49. The van der Waals surface area contributed by atoms with E-state index in [1.54, 1.807) is 19.1 Å². The lowest BCUT2D eigenvalue weighted by Crippen LogP contribution is -2.20. The molecule has 8 heteroatoms. The molecule has 0 aliphatic rings. The number of aromatic hydroxyl groups is 1. The Morgan fingerprint density at radius 1 is 1.21 bits per heavy atom. The molecule has 2 aromatic carbocycles. The molecule has 1 aromatic heterocycles. The van der Waals surface area contributed by atoms with E-state index in [-0.39, 0.29) is 28.3 Å². The maximum absolute atomic E-state index is 12.4. The number of fused-ring (bicyclic) bond motifs is 1. The lowest BCUT2D eigenvalue weighted by molar-refractivity contribution is -0.115. The average molecular weight is 402 g/mol. The van der Waals surface area contributed by atoms with E-state index in [1.165, 1.54) is 31.4 Å². The molecule has 0 aliphatic carbocycles. The summed E-state index contributed by atoms with van der Waals surface area (Å²) in [5.74, 6) is -1.10. The van der Waals surface area contributed by atoms with Crippen molar-refractivity contribution in [2.24, 2.45) is 0 Å². The van der Waals surface area contributed by atoms with Gasteiger partial charge in [-0.1, -0.05) is 11.6 Å². The molecule has 144 valence electrons. The third-order valence-electron chi connectivity index (χ3n) is 4.28. The van der Waals surface area contributed by atoms with Crippen LogP contribution in [-0.4, -0.2) is 24.1 Å². The molecule has 0 fully saturated rings. The van der Waals surface area contributed by atoms with Crippen LogP contribution in [0.3, 0.4) is 0 Å². The van der Waals surface area contributed by atoms with Gasteiger partial charge in [-0.05, 0) is 42.8 Å². The molecular formula is C20H16ClNO6. The Morgan fingerprint density at radius 2 is 1.89 bits per heavy atom. The van der Waals surface area contributed by atoms with Gasteiger partial charge in [0.2, 0.25) is 5.91 Å². The van der Waals surface area contributed by atoms with E-state index >= 15 is 0 Å². The molecule has 0 aliphatic heterocycles. The van der Waals surface area contributed by atoms with Crippen molar-refractivity contribution < 1.29 is 23.8 Å². The van der Waals surface area contributed by atoms with Gasteiger partial charge in [0.15, 0.2) is 0 Å². The average Bonchev–Trinajstić information content (AvgIpc) is 2.67. The topological polar surface area (TPSA) is 106 Å². The lowest BCUT2D eigenvalue weighted by Gasteiger charge is -2.10. The van der Waals surface area contributed by atoms with E-state index in [0.717, 1.165) is 0 Å². The second-order valence-electron chi connectivity index (χ2n) is 6.09. The molecule has 0 atom stereocenters. The highest BCUT2D eigenvalue weighted by Gasteiger charge is 2.17. The number of carbonyl (C=O) groups excluding carboxylic acids is 2. The Balaban J connectivity index is 1.84. The maximum Gasteiger partial charge on any atom is 0.340 e. The number of phenols is 1. The Labute approximate surface area is 164 Å². The summed E-state index contributed by atoms with van der Waals surface area (Å²) in [4.78, 5) is 36.1.